The normalized spacial score (nSPS) is 10.9. The molecule has 0 unspecified atom stereocenters. The Morgan fingerprint density at radius 3 is 2.63 bits per heavy atom. The summed E-state index contributed by atoms with van der Waals surface area (Å²) in [6, 6.07) is 15.2. The molecule has 0 saturated carbocycles. The van der Waals surface area contributed by atoms with Crippen LogP contribution in [0.4, 0.5) is 5.13 Å². The number of anilines is 1. The van der Waals surface area contributed by atoms with Crippen LogP contribution in [-0.2, 0) is 11.2 Å². The molecular weight excluding hydrogens is 402 g/mol. The minimum Gasteiger partial charge on any atom is -0.494 e. The second-order valence-electron chi connectivity index (χ2n) is 6.38. The summed E-state index contributed by atoms with van der Waals surface area (Å²) in [6.45, 7) is 4.50. The van der Waals surface area contributed by atoms with Crippen molar-refractivity contribution in [3.63, 3.8) is 0 Å². The number of para-hydroxylation sites is 1. The van der Waals surface area contributed by atoms with Gasteiger partial charge in [0.15, 0.2) is 12.4 Å². The number of hydrogen-bond acceptors (Lipinski definition) is 7. The SMILES string of the molecule is CCOc1ccc(-c2nnc3sc(NC(=O)COc4ccccc4CC)nn23)cc1. The molecule has 1 amide bonds. The van der Waals surface area contributed by atoms with Crippen molar-refractivity contribution >= 4 is 27.3 Å². The van der Waals surface area contributed by atoms with Gasteiger partial charge in [0.25, 0.3) is 5.91 Å². The van der Waals surface area contributed by atoms with Gasteiger partial charge in [0, 0.05) is 5.56 Å². The average Bonchev–Trinajstić information content (AvgIpc) is 3.33. The Bertz CT molecular complexity index is 1150. The van der Waals surface area contributed by atoms with Gasteiger partial charge in [-0.05, 0) is 49.2 Å². The van der Waals surface area contributed by atoms with Crippen molar-refractivity contribution in [3.05, 3.63) is 54.1 Å². The Kier molecular flexibility index (Phi) is 5.89. The molecular formula is C21H21N5O3S. The molecule has 0 saturated heterocycles. The lowest BCUT2D eigenvalue weighted by Crippen LogP contribution is -2.20. The van der Waals surface area contributed by atoms with Gasteiger partial charge in [0.1, 0.15) is 11.5 Å². The summed E-state index contributed by atoms with van der Waals surface area (Å²) >= 11 is 1.25. The van der Waals surface area contributed by atoms with Crippen molar-refractivity contribution in [2.24, 2.45) is 0 Å². The summed E-state index contributed by atoms with van der Waals surface area (Å²) in [5.41, 5.74) is 1.91. The number of amides is 1. The highest BCUT2D eigenvalue weighted by Gasteiger charge is 2.15. The number of aryl methyl sites for hydroxylation is 1. The highest BCUT2D eigenvalue weighted by Crippen LogP contribution is 2.25. The maximum absolute atomic E-state index is 12.3. The Morgan fingerprint density at radius 1 is 1.07 bits per heavy atom. The number of nitrogens with zero attached hydrogens (tertiary/aromatic N) is 4. The first-order valence-electron chi connectivity index (χ1n) is 9.64. The van der Waals surface area contributed by atoms with E-state index in [2.05, 4.69) is 20.6 Å². The molecule has 2 heterocycles. The summed E-state index contributed by atoms with van der Waals surface area (Å²) in [7, 11) is 0. The van der Waals surface area contributed by atoms with Crippen molar-refractivity contribution in [1.82, 2.24) is 19.8 Å². The fraction of sp³-hybridized carbons (Fsp3) is 0.238. The zero-order valence-corrected chi connectivity index (χ0v) is 17.5. The number of aromatic nitrogens is 4. The quantitative estimate of drug-likeness (QED) is 0.463. The van der Waals surface area contributed by atoms with Crippen LogP contribution in [0.1, 0.15) is 19.4 Å². The van der Waals surface area contributed by atoms with Gasteiger partial charge >= 0.3 is 0 Å². The number of benzene rings is 2. The maximum Gasteiger partial charge on any atom is 0.264 e. The van der Waals surface area contributed by atoms with E-state index < -0.39 is 0 Å². The molecule has 30 heavy (non-hydrogen) atoms. The molecule has 2 aromatic heterocycles. The molecule has 2 aromatic carbocycles. The van der Waals surface area contributed by atoms with E-state index >= 15 is 0 Å². The highest BCUT2D eigenvalue weighted by atomic mass is 32.1. The van der Waals surface area contributed by atoms with E-state index in [1.54, 1.807) is 4.52 Å². The minimum atomic E-state index is -0.284. The van der Waals surface area contributed by atoms with Gasteiger partial charge < -0.3 is 9.47 Å². The monoisotopic (exact) mass is 423 g/mol. The first-order valence-corrected chi connectivity index (χ1v) is 10.5. The Balaban J connectivity index is 1.44. The van der Waals surface area contributed by atoms with E-state index in [0.29, 0.717) is 28.3 Å². The van der Waals surface area contributed by atoms with Crippen molar-refractivity contribution in [2.45, 2.75) is 20.3 Å². The Labute approximate surface area is 177 Å². The topological polar surface area (TPSA) is 90.6 Å². The van der Waals surface area contributed by atoms with Gasteiger partial charge in [-0.2, -0.15) is 4.52 Å². The molecule has 1 N–H and O–H groups in total. The van der Waals surface area contributed by atoms with Gasteiger partial charge in [0.2, 0.25) is 10.1 Å². The zero-order valence-electron chi connectivity index (χ0n) is 16.7. The van der Waals surface area contributed by atoms with Gasteiger partial charge in [0.05, 0.1) is 6.61 Å². The van der Waals surface area contributed by atoms with Crippen LogP contribution in [0.3, 0.4) is 0 Å². The smallest absolute Gasteiger partial charge is 0.264 e. The van der Waals surface area contributed by atoms with E-state index in [1.165, 1.54) is 11.3 Å². The predicted octanol–water partition coefficient (Wildman–Crippen LogP) is 3.83. The van der Waals surface area contributed by atoms with E-state index in [4.69, 9.17) is 9.47 Å². The van der Waals surface area contributed by atoms with Crippen LogP contribution >= 0.6 is 11.3 Å². The molecule has 0 atom stereocenters. The van der Waals surface area contributed by atoms with Gasteiger partial charge in [-0.1, -0.05) is 36.5 Å². The van der Waals surface area contributed by atoms with Crippen molar-refractivity contribution < 1.29 is 14.3 Å². The Hall–Kier alpha value is -3.46. The standard InChI is InChI=1S/C21H21N5O3S/c1-3-14-7-5-6-8-17(14)29-13-18(27)22-20-25-26-19(23-24-21(26)30-20)15-9-11-16(12-10-15)28-4-2/h5-12H,3-4,13H2,1-2H3,(H,22,25,27). The maximum atomic E-state index is 12.3. The lowest BCUT2D eigenvalue weighted by Gasteiger charge is -2.09. The zero-order chi connectivity index (χ0) is 20.9. The number of carbonyl (C=O) groups is 1. The van der Waals surface area contributed by atoms with Gasteiger partial charge in [-0.25, -0.2) is 0 Å². The number of hydrogen-bond donors (Lipinski definition) is 1. The molecule has 0 radical (unpaired) electrons. The molecule has 0 spiro atoms. The highest BCUT2D eigenvalue weighted by molar-refractivity contribution is 7.20. The number of nitrogens with one attached hydrogen (secondary N) is 1. The van der Waals surface area contributed by atoms with E-state index in [-0.39, 0.29) is 12.5 Å². The summed E-state index contributed by atoms with van der Waals surface area (Å²) in [5.74, 6) is 1.82. The fourth-order valence-electron chi connectivity index (χ4n) is 2.95. The van der Waals surface area contributed by atoms with Gasteiger partial charge in [-0.15, -0.1) is 15.3 Å². The second-order valence-corrected chi connectivity index (χ2v) is 7.34. The molecule has 154 valence electrons. The minimum absolute atomic E-state index is 0.0943. The third-order valence-electron chi connectivity index (χ3n) is 4.37. The van der Waals surface area contributed by atoms with Crippen LogP contribution in [0.25, 0.3) is 16.3 Å². The summed E-state index contributed by atoms with van der Waals surface area (Å²) in [4.78, 5) is 12.9. The number of ether oxygens (including phenoxy) is 2. The van der Waals surface area contributed by atoms with Crippen LogP contribution in [0.15, 0.2) is 48.5 Å². The first-order chi connectivity index (χ1) is 14.7. The van der Waals surface area contributed by atoms with Crippen LogP contribution in [-0.4, -0.2) is 38.9 Å². The van der Waals surface area contributed by atoms with Crippen LogP contribution in [0.2, 0.25) is 0 Å². The number of rotatable bonds is 8. The lowest BCUT2D eigenvalue weighted by atomic mass is 10.1. The molecule has 4 aromatic rings. The summed E-state index contributed by atoms with van der Waals surface area (Å²) in [6.07, 6.45) is 0.836. The lowest BCUT2D eigenvalue weighted by molar-refractivity contribution is -0.118. The second kappa shape index (κ2) is 8.91. The predicted molar refractivity (Wildman–Crippen MR) is 115 cm³/mol. The van der Waals surface area contributed by atoms with Gasteiger partial charge in [-0.3, -0.25) is 10.1 Å². The molecule has 9 heteroatoms. The molecule has 8 nitrogen and oxygen atoms in total. The third kappa shape index (κ3) is 4.25. The molecule has 0 bridgehead atoms. The first kappa shape index (κ1) is 19.8. The van der Waals surface area contributed by atoms with Crippen molar-refractivity contribution in [1.29, 1.82) is 0 Å². The van der Waals surface area contributed by atoms with Crippen molar-refractivity contribution in [3.8, 4) is 22.9 Å². The van der Waals surface area contributed by atoms with Crippen LogP contribution in [0, 0.1) is 0 Å². The number of carbonyl (C=O) groups excluding carboxylic acids is 1. The van der Waals surface area contributed by atoms with E-state index in [0.717, 1.165) is 23.3 Å². The molecule has 4 rings (SSSR count). The summed E-state index contributed by atoms with van der Waals surface area (Å²) < 4.78 is 12.7. The fourth-order valence-corrected chi connectivity index (χ4v) is 3.71. The van der Waals surface area contributed by atoms with Crippen molar-refractivity contribution in [2.75, 3.05) is 18.5 Å². The Morgan fingerprint density at radius 2 is 1.87 bits per heavy atom. The van der Waals surface area contributed by atoms with Crippen LogP contribution < -0.4 is 14.8 Å². The third-order valence-corrected chi connectivity index (χ3v) is 5.19. The average molecular weight is 423 g/mol. The molecule has 0 aliphatic carbocycles. The summed E-state index contributed by atoms with van der Waals surface area (Å²) in [5, 5.41) is 16.0. The van der Waals surface area contributed by atoms with Crippen LogP contribution in [0.5, 0.6) is 11.5 Å². The largest absolute Gasteiger partial charge is 0.494 e. The van der Waals surface area contributed by atoms with E-state index in [1.807, 2.05) is 62.4 Å². The molecule has 0 fully saturated rings. The number of fused-ring (bicyclic) bond motifs is 1. The molecule has 0 aliphatic rings. The van der Waals surface area contributed by atoms with E-state index in [9.17, 15) is 4.79 Å². The molecule has 0 aliphatic heterocycles.